The molecule has 0 fully saturated rings. The maximum Gasteiger partial charge on any atom is 0.280 e. The number of alkyl halides is 4. The van der Waals surface area contributed by atoms with Crippen LogP contribution in [0, 0.1) is 0 Å². The molecule has 0 saturated carbocycles. The number of aromatic nitrogens is 3. The van der Waals surface area contributed by atoms with Gasteiger partial charge in [0.15, 0.2) is 5.65 Å². The van der Waals surface area contributed by atoms with E-state index in [1.807, 2.05) is 0 Å². The van der Waals surface area contributed by atoms with Crippen molar-refractivity contribution in [1.82, 2.24) is 14.6 Å². The lowest BCUT2D eigenvalue weighted by Gasteiger charge is -2.05. The van der Waals surface area contributed by atoms with Gasteiger partial charge >= 0.3 is 0 Å². The number of nitrogens with two attached hydrogens (primary N) is 1. The van der Waals surface area contributed by atoms with Crippen LogP contribution in [0.25, 0.3) is 5.65 Å². The molecule has 0 amide bonds. The van der Waals surface area contributed by atoms with E-state index in [0.717, 1.165) is 10.6 Å². The molecule has 2 aromatic rings. The van der Waals surface area contributed by atoms with E-state index in [2.05, 4.69) is 10.1 Å². The summed E-state index contributed by atoms with van der Waals surface area (Å²) in [6.45, 7) is 0. The molecule has 2 rings (SSSR count). The lowest BCUT2D eigenvalue weighted by molar-refractivity contribution is 0.135. The minimum atomic E-state index is -2.93. The quantitative estimate of drug-likeness (QED) is 0.810. The molecule has 0 bridgehead atoms. The summed E-state index contributed by atoms with van der Waals surface area (Å²) in [7, 11) is 0. The number of hydrogen-bond acceptors (Lipinski definition) is 3. The molecule has 0 unspecified atom stereocenters. The zero-order valence-corrected chi connectivity index (χ0v) is 7.74. The molecule has 2 heterocycles. The van der Waals surface area contributed by atoms with Crippen molar-refractivity contribution < 1.29 is 17.6 Å². The van der Waals surface area contributed by atoms with Crippen LogP contribution in [0.2, 0.25) is 0 Å². The number of halogens is 4. The Morgan fingerprint density at radius 2 is 1.81 bits per heavy atom. The second-order valence-electron chi connectivity index (χ2n) is 3.05. The van der Waals surface area contributed by atoms with Crippen LogP contribution in [0.3, 0.4) is 0 Å². The molecule has 0 aromatic carbocycles. The molecule has 0 aliphatic rings. The summed E-state index contributed by atoms with van der Waals surface area (Å²) in [6, 6.07) is 1.77. The summed E-state index contributed by atoms with van der Waals surface area (Å²) in [6.07, 6.45) is -5.85. The maximum atomic E-state index is 12.6. The SMILES string of the molecule is Nc1cc2nc(C(F)F)cc(C(F)F)n2n1. The number of nitrogen functional groups attached to an aromatic ring is 1. The highest BCUT2D eigenvalue weighted by Crippen LogP contribution is 2.25. The number of nitrogens with zero attached hydrogens (tertiary/aromatic N) is 3. The predicted octanol–water partition coefficient (Wildman–Crippen LogP) is 2.19. The third kappa shape index (κ3) is 1.66. The lowest BCUT2D eigenvalue weighted by Crippen LogP contribution is -2.04. The average molecular weight is 234 g/mol. The summed E-state index contributed by atoms with van der Waals surface area (Å²) in [5.41, 5.74) is 3.79. The molecule has 2 aromatic heterocycles. The Labute approximate surface area is 86.7 Å². The Morgan fingerprint density at radius 1 is 1.12 bits per heavy atom. The molecule has 0 aliphatic heterocycles. The molecule has 16 heavy (non-hydrogen) atoms. The number of anilines is 1. The minimum Gasteiger partial charge on any atom is -0.382 e. The van der Waals surface area contributed by atoms with Crippen molar-refractivity contribution in [3.63, 3.8) is 0 Å². The van der Waals surface area contributed by atoms with Crippen LogP contribution in [0.1, 0.15) is 24.2 Å². The molecule has 0 spiro atoms. The zero-order chi connectivity index (χ0) is 11.9. The van der Waals surface area contributed by atoms with E-state index in [0.29, 0.717) is 6.07 Å². The van der Waals surface area contributed by atoms with E-state index >= 15 is 0 Å². The molecule has 0 saturated heterocycles. The van der Waals surface area contributed by atoms with E-state index in [9.17, 15) is 17.6 Å². The summed E-state index contributed by atoms with van der Waals surface area (Å²) in [5, 5.41) is 3.54. The van der Waals surface area contributed by atoms with Crippen LogP contribution < -0.4 is 5.73 Å². The van der Waals surface area contributed by atoms with Gasteiger partial charge in [-0.25, -0.2) is 27.1 Å². The van der Waals surface area contributed by atoms with Crippen molar-refractivity contribution in [3.05, 3.63) is 23.5 Å². The van der Waals surface area contributed by atoms with Crippen molar-refractivity contribution in [1.29, 1.82) is 0 Å². The lowest BCUT2D eigenvalue weighted by atomic mass is 10.3. The van der Waals surface area contributed by atoms with Gasteiger partial charge in [0.05, 0.1) is 0 Å². The second-order valence-corrected chi connectivity index (χ2v) is 3.05. The summed E-state index contributed by atoms with van der Waals surface area (Å²) >= 11 is 0. The molecular formula is C8H6F4N4. The largest absolute Gasteiger partial charge is 0.382 e. The Bertz CT molecular complexity index is 522. The van der Waals surface area contributed by atoms with Gasteiger partial charge < -0.3 is 5.73 Å². The summed E-state index contributed by atoms with van der Waals surface area (Å²) in [5.74, 6) is -0.0548. The van der Waals surface area contributed by atoms with Gasteiger partial charge in [0, 0.05) is 6.07 Å². The normalized spacial score (nSPS) is 11.9. The van der Waals surface area contributed by atoms with Crippen LogP contribution >= 0.6 is 0 Å². The van der Waals surface area contributed by atoms with Gasteiger partial charge in [-0.3, -0.25) is 0 Å². The fourth-order valence-electron chi connectivity index (χ4n) is 1.30. The van der Waals surface area contributed by atoms with Gasteiger partial charge in [-0.05, 0) is 6.07 Å². The number of hydrogen-bond donors (Lipinski definition) is 1. The van der Waals surface area contributed by atoms with Gasteiger partial charge in [-0.2, -0.15) is 0 Å². The first kappa shape index (κ1) is 10.7. The molecule has 0 radical (unpaired) electrons. The minimum absolute atomic E-state index is 0.0548. The molecular weight excluding hydrogens is 228 g/mol. The third-order valence-corrected chi connectivity index (χ3v) is 1.94. The van der Waals surface area contributed by atoms with Crippen LogP contribution in [0.4, 0.5) is 23.4 Å². The summed E-state index contributed by atoms with van der Waals surface area (Å²) < 4.78 is 50.7. The third-order valence-electron chi connectivity index (χ3n) is 1.94. The van der Waals surface area contributed by atoms with Crippen molar-refractivity contribution in [2.75, 3.05) is 5.73 Å². The second kappa shape index (κ2) is 3.62. The Hall–Kier alpha value is -1.86. The smallest absolute Gasteiger partial charge is 0.280 e. The fourth-order valence-corrected chi connectivity index (χ4v) is 1.30. The van der Waals surface area contributed by atoms with Gasteiger partial charge in [-0.15, -0.1) is 5.10 Å². The van der Waals surface area contributed by atoms with Crippen molar-refractivity contribution in [2.24, 2.45) is 0 Å². The van der Waals surface area contributed by atoms with Crippen LogP contribution in [-0.2, 0) is 0 Å². The van der Waals surface area contributed by atoms with Gasteiger partial charge in [-0.1, -0.05) is 0 Å². The van der Waals surface area contributed by atoms with Crippen molar-refractivity contribution in [2.45, 2.75) is 12.9 Å². The predicted molar refractivity (Wildman–Crippen MR) is 47.3 cm³/mol. The monoisotopic (exact) mass is 234 g/mol. The van der Waals surface area contributed by atoms with E-state index < -0.39 is 24.2 Å². The Morgan fingerprint density at radius 3 is 2.38 bits per heavy atom. The molecule has 4 nitrogen and oxygen atoms in total. The first-order chi connectivity index (χ1) is 7.49. The molecule has 8 heteroatoms. The molecule has 2 N–H and O–H groups in total. The van der Waals surface area contributed by atoms with Gasteiger partial charge in [0.2, 0.25) is 0 Å². The fraction of sp³-hybridized carbons (Fsp3) is 0.250. The highest BCUT2D eigenvalue weighted by Gasteiger charge is 2.19. The zero-order valence-electron chi connectivity index (χ0n) is 7.74. The molecule has 0 aliphatic carbocycles. The summed E-state index contributed by atoms with van der Waals surface area (Å²) in [4.78, 5) is 3.48. The first-order valence-corrected chi connectivity index (χ1v) is 4.21. The van der Waals surface area contributed by atoms with E-state index in [-0.39, 0.29) is 11.5 Å². The van der Waals surface area contributed by atoms with E-state index in [4.69, 9.17) is 5.73 Å². The first-order valence-electron chi connectivity index (χ1n) is 4.21. The maximum absolute atomic E-state index is 12.6. The topological polar surface area (TPSA) is 56.2 Å². The average Bonchev–Trinajstić information content (AvgIpc) is 2.55. The van der Waals surface area contributed by atoms with Crippen molar-refractivity contribution in [3.8, 4) is 0 Å². The van der Waals surface area contributed by atoms with E-state index in [1.54, 1.807) is 0 Å². The van der Waals surface area contributed by atoms with Gasteiger partial charge in [0.25, 0.3) is 12.9 Å². The molecule has 0 atom stereocenters. The highest BCUT2D eigenvalue weighted by molar-refractivity contribution is 5.49. The Balaban J connectivity index is 2.73. The number of fused-ring (bicyclic) bond motifs is 1. The van der Waals surface area contributed by atoms with Crippen LogP contribution in [0.5, 0.6) is 0 Å². The Kier molecular flexibility index (Phi) is 2.41. The van der Waals surface area contributed by atoms with E-state index in [1.165, 1.54) is 0 Å². The highest BCUT2D eigenvalue weighted by atomic mass is 19.3. The van der Waals surface area contributed by atoms with Crippen LogP contribution in [-0.4, -0.2) is 14.6 Å². The standard InChI is InChI=1S/C8H6F4N4/c9-7(10)3-1-4(8(11)12)16-6(14-3)2-5(13)15-16/h1-2,7-8H,(H2,13,15). The van der Waals surface area contributed by atoms with Crippen LogP contribution in [0.15, 0.2) is 12.1 Å². The number of rotatable bonds is 2. The molecule has 86 valence electrons. The van der Waals surface area contributed by atoms with Gasteiger partial charge in [0.1, 0.15) is 17.2 Å². The van der Waals surface area contributed by atoms with Crippen molar-refractivity contribution >= 4 is 11.5 Å².